The molecule has 1 saturated heterocycles. The first-order chi connectivity index (χ1) is 25.0. The van der Waals surface area contributed by atoms with Crippen LogP contribution in [0.25, 0.3) is 11.1 Å². The van der Waals surface area contributed by atoms with Gasteiger partial charge in [-0.2, -0.15) is 0 Å². The maximum Gasteiger partial charge on any atom is 0.336 e. The highest BCUT2D eigenvalue weighted by molar-refractivity contribution is 7.99. The molecule has 0 radical (unpaired) electrons. The molecule has 268 valence electrons. The Morgan fingerprint density at radius 2 is 1.38 bits per heavy atom. The van der Waals surface area contributed by atoms with E-state index >= 15 is 0 Å². The van der Waals surface area contributed by atoms with Crippen molar-refractivity contribution in [3.05, 3.63) is 160 Å². The fourth-order valence-electron chi connectivity index (χ4n) is 5.78. The smallest absolute Gasteiger partial charge is 0.336 e. The average molecular weight is 736 g/mol. The monoisotopic (exact) mass is 735 g/mol. The summed E-state index contributed by atoms with van der Waals surface area (Å²) in [5.74, 6) is -13.3. The summed E-state index contributed by atoms with van der Waals surface area (Å²) in [5, 5.41) is 21.4. The third-order valence-corrected chi connectivity index (χ3v) is 9.67. The molecule has 1 heterocycles. The second kappa shape index (κ2) is 16.1. The van der Waals surface area contributed by atoms with E-state index in [-0.39, 0.29) is 30.9 Å². The Bertz CT molecular complexity index is 2090. The molecule has 13 heteroatoms. The van der Waals surface area contributed by atoms with Crippen molar-refractivity contribution in [1.29, 1.82) is 0 Å². The Balaban J connectivity index is 1.21. The van der Waals surface area contributed by atoms with Gasteiger partial charge in [-0.05, 0) is 52.1 Å². The molecule has 6 rings (SSSR count). The normalized spacial score (nSPS) is 17.2. The number of carbonyl (C=O) groups excluding carboxylic acids is 1. The summed E-state index contributed by atoms with van der Waals surface area (Å²) in [7, 11) is 0. The van der Waals surface area contributed by atoms with Crippen molar-refractivity contribution in [2.24, 2.45) is 0 Å². The van der Waals surface area contributed by atoms with Crippen LogP contribution >= 0.6 is 11.8 Å². The molecular weight excluding hydrogens is 705 g/mol. The zero-order valence-electron chi connectivity index (χ0n) is 27.1. The molecule has 0 aliphatic carbocycles. The number of thioether (sulfide) groups is 1. The number of aliphatic hydroxyl groups is 1. The molecule has 1 aliphatic heterocycles. The van der Waals surface area contributed by atoms with E-state index in [1.165, 1.54) is 11.8 Å². The van der Waals surface area contributed by atoms with E-state index in [1.807, 2.05) is 48.5 Å². The van der Waals surface area contributed by atoms with Crippen molar-refractivity contribution >= 4 is 23.6 Å². The van der Waals surface area contributed by atoms with Crippen LogP contribution in [0.3, 0.4) is 0 Å². The molecule has 7 nitrogen and oxygen atoms in total. The summed E-state index contributed by atoms with van der Waals surface area (Å²) in [4.78, 5) is 24.9. The number of carboxylic acids is 1. The molecule has 52 heavy (non-hydrogen) atoms. The van der Waals surface area contributed by atoms with Gasteiger partial charge in [0.05, 0.1) is 24.4 Å². The molecule has 1 amide bonds. The van der Waals surface area contributed by atoms with E-state index in [0.29, 0.717) is 33.8 Å². The fraction of sp³-hybridized carbons (Fsp3) is 0.179. The minimum absolute atomic E-state index is 0.106. The SMILES string of the molecule is O=C(O)c1ccccc1SC[C@H]1C[C@@H](c2ccc(CO)cc2)O[C@@H](c2cccc(-c3cccc(CNC(=O)c4c(F)c(F)c(F)c(F)c4F)c3)c2)O1. The number of rotatable bonds is 11. The van der Waals surface area contributed by atoms with Gasteiger partial charge < -0.3 is 25.0 Å². The highest BCUT2D eigenvalue weighted by Gasteiger charge is 2.33. The van der Waals surface area contributed by atoms with Gasteiger partial charge in [-0.15, -0.1) is 11.8 Å². The van der Waals surface area contributed by atoms with E-state index in [0.717, 1.165) is 16.7 Å². The van der Waals surface area contributed by atoms with Crippen molar-refractivity contribution in [2.75, 3.05) is 5.75 Å². The number of aromatic carboxylic acids is 1. The number of aliphatic hydroxyl groups excluding tert-OH is 1. The minimum Gasteiger partial charge on any atom is -0.478 e. The summed E-state index contributed by atoms with van der Waals surface area (Å²) in [6.07, 6.45) is -1.07. The zero-order valence-corrected chi connectivity index (χ0v) is 27.9. The molecule has 0 aromatic heterocycles. The van der Waals surface area contributed by atoms with Gasteiger partial charge in [-0.3, -0.25) is 4.79 Å². The van der Waals surface area contributed by atoms with Crippen molar-refractivity contribution in [1.82, 2.24) is 5.32 Å². The number of carboxylic acid groups (broad SMARTS) is 1. The lowest BCUT2D eigenvalue weighted by Crippen LogP contribution is -2.31. The van der Waals surface area contributed by atoms with Gasteiger partial charge in [0, 0.05) is 29.2 Å². The van der Waals surface area contributed by atoms with Gasteiger partial charge in [0.1, 0.15) is 5.56 Å². The number of benzene rings is 5. The summed E-state index contributed by atoms with van der Waals surface area (Å²) in [6.45, 7) is -0.382. The van der Waals surface area contributed by atoms with E-state index in [9.17, 15) is 41.8 Å². The van der Waals surface area contributed by atoms with Crippen molar-refractivity contribution in [3.8, 4) is 11.1 Å². The number of halogens is 5. The Labute approximate surface area is 299 Å². The van der Waals surface area contributed by atoms with Crippen LogP contribution in [0.15, 0.2) is 102 Å². The fourth-order valence-corrected chi connectivity index (χ4v) is 6.84. The molecule has 1 fully saturated rings. The van der Waals surface area contributed by atoms with Crippen LogP contribution in [-0.2, 0) is 22.6 Å². The Hall–Kier alpha value is -5.08. The molecule has 0 saturated carbocycles. The summed E-state index contributed by atoms with van der Waals surface area (Å²) in [5.41, 5.74) is 2.83. The van der Waals surface area contributed by atoms with Gasteiger partial charge in [-0.25, -0.2) is 26.7 Å². The molecule has 5 aromatic carbocycles. The highest BCUT2D eigenvalue weighted by Crippen LogP contribution is 2.40. The van der Waals surface area contributed by atoms with Crippen molar-refractivity contribution in [2.45, 2.75) is 43.0 Å². The molecule has 3 N–H and O–H groups in total. The minimum atomic E-state index is -2.35. The van der Waals surface area contributed by atoms with E-state index in [4.69, 9.17) is 9.47 Å². The highest BCUT2D eigenvalue weighted by atomic mass is 32.2. The Morgan fingerprint density at radius 3 is 2.08 bits per heavy atom. The summed E-state index contributed by atoms with van der Waals surface area (Å²) in [6, 6.07) is 28.3. The van der Waals surface area contributed by atoms with Crippen LogP contribution in [0.1, 0.15) is 61.8 Å². The third-order valence-electron chi connectivity index (χ3n) is 8.47. The molecule has 0 spiro atoms. The lowest BCUT2D eigenvalue weighted by Gasteiger charge is -2.36. The quantitative estimate of drug-likeness (QED) is 0.0541. The lowest BCUT2D eigenvalue weighted by atomic mass is 9.99. The van der Waals surface area contributed by atoms with E-state index in [2.05, 4.69) is 5.32 Å². The van der Waals surface area contributed by atoms with Crippen LogP contribution in [0, 0.1) is 29.1 Å². The predicted molar refractivity (Wildman–Crippen MR) is 182 cm³/mol. The number of carbonyl (C=O) groups is 2. The van der Waals surface area contributed by atoms with Crippen LogP contribution < -0.4 is 5.32 Å². The average Bonchev–Trinajstić information content (AvgIpc) is 3.18. The molecule has 3 atom stereocenters. The van der Waals surface area contributed by atoms with Crippen LogP contribution in [0.5, 0.6) is 0 Å². The van der Waals surface area contributed by atoms with Crippen molar-refractivity contribution < 1.29 is 51.2 Å². The van der Waals surface area contributed by atoms with Crippen LogP contribution in [0.2, 0.25) is 0 Å². The van der Waals surface area contributed by atoms with E-state index in [1.54, 1.807) is 48.5 Å². The van der Waals surface area contributed by atoms with E-state index < -0.39 is 52.8 Å². The maximum atomic E-state index is 14.2. The third kappa shape index (κ3) is 8.02. The summed E-state index contributed by atoms with van der Waals surface area (Å²) >= 11 is 1.37. The number of nitrogens with one attached hydrogen (secondary N) is 1. The van der Waals surface area contributed by atoms with Crippen LogP contribution in [-0.4, -0.2) is 33.9 Å². The zero-order chi connectivity index (χ0) is 36.9. The molecule has 5 aromatic rings. The standard InChI is InChI=1S/C39H30F5NO6S/c40-32-31(33(41)35(43)36(44)34(32)42)37(47)45-18-22-5-3-6-24(15-22)25-7-4-8-26(16-25)39-50-27(20-52-30-10-2-1-9-28(30)38(48)49)17-29(51-39)23-13-11-21(19-46)12-14-23/h1-16,27,29,39,46H,17-20H2,(H,45,47)(H,48,49)/t27-,29+,39+/m1/s1. The predicted octanol–water partition coefficient (Wildman–Crippen LogP) is 8.51. The van der Waals surface area contributed by atoms with Gasteiger partial charge in [0.2, 0.25) is 5.82 Å². The molecule has 0 bridgehead atoms. The first-order valence-electron chi connectivity index (χ1n) is 16.0. The molecule has 0 unspecified atom stereocenters. The number of ether oxygens (including phenoxy) is 2. The molecular formula is C39H30F5NO6S. The van der Waals surface area contributed by atoms with Gasteiger partial charge in [0.25, 0.3) is 5.91 Å². The van der Waals surface area contributed by atoms with Gasteiger partial charge in [0.15, 0.2) is 29.6 Å². The molecule has 1 aliphatic rings. The number of amides is 1. The lowest BCUT2D eigenvalue weighted by molar-refractivity contribution is -0.245. The first-order valence-corrected chi connectivity index (χ1v) is 17.0. The van der Waals surface area contributed by atoms with Gasteiger partial charge in [-0.1, -0.05) is 72.8 Å². The number of hydrogen-bond acceptors (Lipinski definition) is 6. The second-order valence-corrected chi connectivity index (χ2v) is 13.0. The topological polar surface area (TPSA) is 105 Å². The van der Waals surface area contributed by atoms with Gasteiger partial charge >= 0.3 is 5.97 Å². The van der Waals surface area contributed by atoms with Crippen molar-refractivity contribution in [3.63, 3.8) is 0 Å². The Morgan fingerprint density at radius 1 is 0.731 bits per heavy atom. The van der Waals surface area contributed by atoms with Crippen LogP contribution in [0.4, 0.5) is 22.0 Å². The Kier molecular flexibility index (Phi) is 11.3. The number of hydrogen-bond donors (Lipinski definition) is 3. The second-order valence-electron chi connectivity index (χ2n) is 11.9. The largest absolute Gasteiger partial charge is 0.478 e. The first kappa shape index (κ1) is 36.7. The maximum absolute atomic E-state index is 14.2. The summed E-state index contributed by atoms with van der Waals surface area (Å²) < 4.78 is 82.0.